The molecule has 0 spiro atoms. The van der Waals surface area contributed by atoms with Crippen LogP contribution in [0.3, 0.4) is 0 Å². The molecule has 0 radical (unpaired) electrons. The number of primary amides is 1. The van der Waals surface area contributed by atoms with Crippen LogP contribution in [0.15, 0.2) is 63.7 Å². The zero-order valence-corrected chi connectivity index (χ0v) is 16.1. The van der Waals surface area contributed by atoms with E-state index < -0.39 is 5.91 Å². The Morgan fingerprint density at radius 3 is 2.34 bits per heavy atom. The summed E-state index contributed by atoms with van der Waals surface area (Å²) in [6.07, 6.45) is 3.78. The molecule has 0 unspecified atom stereocenters. The van der Waals surface area contributed by atoms with E-state index in [1.165, 1.54) is 0 Å². The number of hydrogen-bond acceptors (Lipinski definition) is 6. The van der Waals surface area contributed by atoms with E-state index in [0.29, 0.717) is 29.4 Å². The molecule has 0 bridgehead atoms. The highest BCUT2D eigenvalue weighted by atomic mass is 16.3. The van der Waals surface area contributed by atoms with Crippen LogP contribution in [0.5, 0.6) is 0 Å². The van der Waals surface area contributed by atoms with Crippen LogP contribution in [0.1, 0.15) is 33.2 Å². The zero-order valence-electron chi connectivity index (χ0n) is 16.1. The van der Waals surface area contributed by atoms with Crippen molar-refractivity contribution in [3.05, 3.63) is 83.3 Å². The smallest absolute Gasteiger partial charge is 0.249 e. The van der Waals surface area contributed by atoms with Crippen LogP contribution in [0.25, 0.3) is 11.3 Å². The van der Waals surface area contributed by atoms with Gasteiger partial charge >= 0.3 is 0 Å². The number of amides is 1. The second-order valence-corrected chi connectivity index (χ2v) is 6.72. The molecule has 7 heteroatoms. The molecule has 0 atom stereocenters. The van der Waals surface area contributed by atoms with Gasteiger partial charge in [0.05, 0.1) is 5.56 Å². The maximum atomic E-state index is 11.9. The number of carbonyl (C=O) groups excluding carboxylic acids is 1. The summed E-state index contributed by atoms with van der Waals surface area (Å²) in [5.41, 5.74) is 8.20. The van der Waals surface area contributed by atoms with E-state index in [2.05, 4.69) is 15.3 Å². The average molecular weight is 388 g/mol. The molecule has 0 aliphatic heterocycles. The van der Waals surface area contributed by atoms with Gasteiger partial charge in [0.1, 0.15) is 23.0 Å². The first-order chi connectivity index (χ1) is 14.0. The first-order valence-electron chi connectivity index (χ1n) is 9.12. The Bertz CT molecular complexity index is 1160. The SMILES string of the molecule is Cc1ccc(Cc2c(Nc3ncc(-c4ccc(C)o4)cn3)cccc2C(N)=O)o1. The molecule has 0 aliphatic carbocycles. The minimum absolute atomic E-state index is 0.399. The fraction of sp³-hybridized carbons (Fsp3) is 0.136. The number of rotatable bonds is 6. The highest BCUT2D eigenvalue weighted by molar-refractivity contribution is 5.96. The lowest BCUT2D eigenvalue weighted by Crippen LogP contribution is -2.15. The quantitative estimate of drug-likeness (QED) is 0.507. The minimum atomic E-state index is -0.503. The topological polar surface area (TPSA) is 107 Å². The lowest BCUT2D eigenvalue weighted by Gasteiger charge is -2.13. The molecule has 0 saturated carbocycles. The van der Waals surface area contributed by atoms with Gasteiger partial charge in [0.2, 0.25) is 11.9 Å². The molecule has 4 aromatic rings. The van der Waals surface area contributed by atoms with Crippen LogP contribution in [-0.2, 0) is 6.42 Å². The maximum Gasteiger partial charge on any atom is 0.249 e. The number of carbonyl (C=O) groups is 1. The van der Waals surface area contributed by atoms with E-state index in [0.717, 1.165) is 28.4 Å². The number of anilines is 2. The first-order valence-corrected chi connectivity index (χ1v) is 9.12. The Labute approximate surface area is 167 Å². The van der Waals surface area contributed by atoms with Crippen molar-refractivity contribution in [1.29, 1.82) is 0 Å². The van der Waals surface area contributed by atoms with Gasteiger partial charge in [0, 0.05) is 30.1 Å². The second kappa shape index (κ2) is 7.63. The maximum absolute atomic E-state index is 11.9. The van der Waals surface area contributed by atoms with Crippen LogP contribution in [0.4, 0.5) is 11.6 Å². The average Bonchev–Trinajstić information content (AvgIpc) is 3.31. The normalized spacial score (nSPS) is 10.8. The predicted molar refractivity (Wildman–Crippen MR) is 109 cm³/mol. The van der Waals surface area contributed by atoms with E-state index in [-0.39, 0.29) is 0 Å². The monoisotopic (exact) mass is 388 g/mol. The molecule has 0 aliphatic rings. The molecule has 4 rings (SSSR count). The van der Waals surface area contributed by atoms with Crippen LogP contribution < -0.4 is 11.1 Å². The number of aryl methyl sites for hydroxylation is 2. The van der Waals surface area contributed by atoms with Crippen molar-refractivity contribution in [3.8, 4) is 11.3 Å². The Hall–Kier alpha value is -3.87. The van der Waals surface area contributed by atoms with Gasteiger partial charge < -0.3 is 19.9 Å². The molecule has 146 valence electrons. The third-order valence-corrected chi connectivity index (χ3v) is 4.51. The van der Waals surface area contributed by atoms with E-state index in [1.54, 1.807) is 24.5 Å². The van der Waals surface area contributed by atoms with Crippen molar-refractivity contribution in [2.24, 2.45) is 5.73 Å². The molecule has 3 N–H and O–H groups in total. The van der Waals surface area contributed by atoms with Gasteiger partial charge in [-0.25, -0.2) is 9.97 Å². The lowest BCUT2D eigenvalue weighted by molar-refractivity contribution is 0.0999. The molecule has 0 saturated heterocycles. The molecular weight excluding hydrogens is 368 g/mol. The Morgan fingerprint density at radius 2 is 1.72 bits per heavy atom. The fourth-order valence-corrected chi connectivity index (χ4v) is 3.11. The van der Waals surface area contributed by atoms with Gasteiger partial charge in [-0.2, -0.15) is 0 Å². The van der Waals surface area contributed by atoms with E-state index >= 15 is 0 Å². The number of nitrogens with one attached hydrogen (secondary N) is 1. The van der Waals surface area contributed by atoms with Crippen molar-refractivity contribution in [2.75, 3.05) is 5.32 Å². The number of benzene rings is 1. The first kappa shape index (κ1) is 18.5. The van der Waals surface area contributed by atoms with Gasteiger partial charge in [-0.3, -0.25) is 4.79 Å². The van der Waals surface area contributed by atoms with E-state index in [1.807, 2.05) is 44.2 Å². The Kier molecular flexibility index (Phi) is 4.87. The molecule has 1 aromatic carbocycles. The minimum Gasteiger partial charge on any atom is -0.466 e. The van der Waals surface area contributed by atoms with Gasteiger partial charge in [-0.05, 0) is 55.8 Å². The molecule has 3 heterocycles. The van der Waals surface area contributed by atoms with Crippen molar-refractivity contribution < 1.29 is 13.6 Å². The summed E-state index contributed by atoms with van der Waals surface area (Å²) >= 11 is 0. The third-order valence-electron chi connectivity index (χ3n) is 4.51. The Balaban J connectivity index is 1.64. The number of aromatic nitrogens is 2. The van der Waals surface area contributed by atoms with Crippen molar-refractivity contribution in [1.82, 2.24) is 9.97 Å². The van der Waals surface area contributed by atoms with Crippen LogP contribution in [-0.4, -0.2) is 15.9 Å². The number of nitrogens with two attached hydrogens (primary N) is 1. The summed E-state index contributed by atoms with van der Waals surface area (Å²) in [7, 11) is 0. The van der Waals surface area contributed by atoms with Crippen molar-refractivity contribution in [3.63, 3.8) is 0 Å². The molecule has 29 heavy (non-hydrogen) atoms. The van der Waals surface area contributed by atoms with Crippen molar-refractivity contribution >= 4 is 17.5 Å². The largest absolute Gasteiger partial charge is 0.466 e. The number of furan rings is 2. The van der Waals surface area contributed by atoms with Gasteiger partial charge in [-0.1, -0.05) is 6.07 Å². The summed E-state index contributed by atoms with van der Waals surface area (Å²) in [6.45, 7) is 3.76. The summed E-state index contributed by atoms with van der Waals surface area (Å²) in [5.74, 6) is 2.97. The molecular formula is C22H20N4O3. The van der Waals surface area contributed by atoms with Gasteiger partial charge in [-0.15, -0.1) is 0 Å². The lowest BCUT2D eigenvalue weighted by atomic mass is 10.0. The molecule has 7 nitrogen and oxygen atoms in total. The third kappa shape index (κ3) is 4.03. The fourth-order valence-electron chi connectivity index (χ4n) is 3.11. The van der Waals surface area contributed by atoms with Crippen LogP contribution in [0, 0.1) is 13.8 Å². The van der Waals surface area contributed by atoms with Crippen LogP contribution >= 0.6 is 0 Å². The summed E-state index contributed by atoms with van der Waals surface area (Å²) in [4.78, 5) is 20.7. The number of hydrogen-bond donors (Lipinski definition) is 2. The summed E-state index contributed by atoms with van der Waals surface area (Å²) in [5, 5.41) is 3.18. The van der Waals surface area contributed by atoms with E-state index in [4.69, 9.17) is 14.6 Å². The summed E-state index contributed by atoms with van der Waals surface area (Å²) < 4.78 is 11.3. The predicted octanol–water partition coefficient (Wildman–Crippen LogP) is 4.38. The number of nitrogens with zero attached hydrogens (tertiary/aromatic N) is 2. The van der Waals surface area contributed by atoms with E-state index in [9.17, 15) is 4.79 Å². The molecule has 1 amide bonds. The highest BCUT2D eigenvalue weighted by Gasteiger charge is 2.16. The Morgan fingerprint density at radius 1 is 1.00 bits per heavy atom. The highest BCUT2D eigenvalue weighted by Crippen LogP contribution is 2.27. The van der Waals surface area contributed by atoms with Gasteiger partial charge in [0.25, 0.3) is 0 Å². The molecule has 0 fully saturated rings. The van der Waals surface area contributed by atoms with Gasteiger partial charge in [0.15, 0.2) is 0 Å². The van der Waals surface area contributed by atoms with Crippen molar-refractivity contribution in [2.45, 2.75) is 20.3 Å². The standard InChI is InChI=1S/C22H20N4O3/c1-13-6-8-16(28-13)10-18-17(21(23)27)4-3-5-19(18)26-22-24-11-15(12-25-22)20-9-7-14(2)29-20/h3-9,11-12H,10H2,1-2H3,(H2,23,27)(H,24,25,26). The summed E-state index contributed by atoms with van der Waals surface area (Å²) in [6, 6.07) is 12.8. The zero-order chi connectivity index (χ0) is 20.4. The second-order valence-electron chi connectivity index (χ2n) is 6.72. The van der Waals surface area contributed by atoms with Crippen LogP contribution in [0.2, 0.25) is 0 Å². The molecule has 3 aromatic heterocycles.